The lowest BCUT2D eigenvalue weighted by molar-refractivity contribution is -0.118. The molecule has 5 heteroatoms. The highest BCUT2D eigenvalue weighted by Crippen LogP contribution is 2.18. The van der Waals surface area contributed by atoms with E-state index in [9.17, 15) is 9.59 Å². The van der Waals surface area contributed by atoms with Crippen molar-refractivity contribution in [2.24, 2.45) is 0 Å². The van der Waals surface area contributed by atoms with Gasteiger partial charge in [-0.1, -0.05) is 26.0 Å². The molecule has 0 unspecified atom stereocenters. The molecule has 1 aliphatic carbocycles. The molecule has 0 bridgehead atoms. The minimum atomic E-state index is -0.408. The van der Waals surface area contributed by atoms with E-state index in [2.05, 4.69) is 29.8 Å². The molecule has 0 heterocycles. The molecule has 1 fully saturated rings. The predicted octanol–water partition coefficient (Wildman–Crippen LogP) is 2.21. The number of hydrogen-bond acceptors (Lipinski definition) is 3. The second kappa shape index (κ2) is 6.41. The van der Waals surface area contributed by atoms with Gasteiger partial charge in [0.25, 0.3) is 0 Å². The first kappa shape index (κ1) is 14.4. The van der Waals surface area contributed by atoms with Crippen molar-refractivity contribution < 1.29 is 9.59 Å². The largest absolute Gasteiger partial charge is 0.376 e. The Kier molecular flexibility index (Phi) is 4.61. The quantitative estimate of drug-likeness (QED) is 0.771. The third-order valence-corrected chi connectivity index (χ3v) is 3.20. The maximum atomic E-state index is 11.6. The van der Waals surface area contributed by atoms with E-state index in [1.54, 1.807) is 0 Å². The van der Waals surface area contributed by atoms with Crippen LogP contribution in [-0.4, -0.2) is 24.5 Å². The SMILES string of the molecule is CC(C)c1ccc(NCC(=O)NC(=O)NC2CC2)cc1. The molecule has 5 nitrogen and oxygen atoms in total. The molecule has 0 spiro atoms. The van der Waals surface area contributed by atoms with Crippen LogP contribution in [0.5, 0.6) is 0 Å². The summed E-state index contributed by atoms with van der Waals surface area (Å²) < 4.78 is 0. The molecule has 0 atom stereocenters. The van der Waals surface area contributed by atoms with Crippen LogP contribution in [-0.2, 0) is 4.79 Å². The Hall–Kier alpha value is -2.04. The van der Waals surface area contributed by atoms with Crippen molar-refractivity contribution in [3.63, 3.8) is 0 Å². The number of amides is 3. The highest BCUT2D eigenvalue weighted by molar-refractivity contribution is 5.96. The standard InChI is InChI=1S/C15H21N3O2/c1-10(2)11-3-5-12(6-4-11)16-9-14(19)18-15(20)17-13-7-8-13/h3-6,10,13,16H,7-9H2,1-2H3,(H2,17,18,19,20). The van der Waals surface area contributed by atoms with Crippen molar-refractivity contribution in [1.82, 2.24) is 10.6 Å². The predicted molar refractivity (Wildman–Crippen MR) is 78.7 cm³/mol. The first-order valence-corrected chi connectivity index (χ1v) is 6.99. The fourth-order valence-electron chi connectivity index (χ4n) is 1.79. The van der Waals surface area contributed by atoms with Gasteiger partial charge in [-0.25, -0.2) is 4.79 Å². The van der Waals surface area contributed by atoms with Crippen LogP contribution in [0.3, 0.4) is 0 Å². The highest BCUT2D eigenvalue weighted by atomic mass is 16.2. The zero-order valence-electron chi connectivity index (χ0n) is 11.9. The van der Waals surface area contributed by atoms with E-state index in [-0.39, 0.29) is 18.5 Å². The molecule has 20 heavy (non-hydrogen) atoms. The molecular weight excluding hydrogens is 254 g/mol. The molecule has 108 valence electrons. The van der Waals surface area contributed by atoms with Crippen LogP contribution in [0.2, 0.25) is 0 Å². The number of anilines is 1. The summed E-state index contributed by atoms with van der Waals surface area (Å²) >= 11 is 0. The van der Waals surface area contributed by atoms with Gasteiger partial charge in [0.1, 0.15) is 0 Å². The van der Waals surface area contributed by atoms with Crippen molar-refractivity contribution in [1.29, 1.82) is 0 Å². The second-order valence-electron chi connectivity index (χ2n) is 5.43. The van der Waals surface area contributed by atoms with Gasteiger partial charge in [0, 0.05) is 11.7 Å². The summed E-state index contributed by atoms with van der Waals surface area (Å²) in [6, 6.07) is 7.78. The summed E-state index contributed by atoms with van der Waals surface area (Å²) in [4.78, 5) is 22.9. The minimum absolute atomic E-state index is 0.0825. The van der Waals surface area contributed by atoms with Gasteiger partial charge in [-0.15, -0.1) is 0 Å². The average Bonchev–Trinajstić information content (AvgIpc) is 3.20. The summed E-state index contributed by atoms with van der Waals surface area (Å²) in [5.41, 5.74) is 2.12. The fourth-order valence-corrected chi connectivity index (χ4v) is 1.79. The van der Waals surface area contributed by atoms with Crippen molar-refractivity contribution in [2.45, 2.75) is 38.6 Å². The van der Waals surface area contributed by atoms with Crippen LogP contribution in [0.25, 0.3) is 0 Å². The van der Waals surface area contributed by atoms with Gasteiger partial charge in [0.2, 0.25) is 5.91 Å². The number of carbonyl (C=O) groups is 2. The average molecular weight is 275 g/mol. The molecule has 0 aliphatic heterocycles. The van der Waals surface area contributed by atoms with E-state index in [0.717, 1.165) is 18.5 Å². The number of nitrogens with one attached hydrogen (secondary N) is 3. The Morgan fingerprint density at radius 2 is 1.85 bits per heavy atom. The third kappa shape index (κ3) is 4.57. The van der Waals surface area contributed by atoms with Crippen molar-refractivity contribution in [3.05, 3.63) is 29.8 Å². The Balaban J connectivity index is 1.73. The summed E-state index contributed by atoms with van der Waals surface area (Å²) in [6.07, 6.45) is 2.00. The molecule has 0 aromatic heterocycles. The molecule has 3 amide bonds. The monoisotopic (exact) mass is 275 g/mol. The first-order chi connectivity index (χ1) is 9.54. The van der Waals surface area contributed by atoms with E-state index >= 15 is 0 Å². The van der Waals surface area contributed by atoms with E-state index in [1.165, 1.54) is 5.56 Å². The van der Waals surface area contributed by atoms with Crippen molar-refractivity contribution in [3.8, 4) is 0 Å². The summed E-state index contributed by atoms with van der Waals surface area (Å²) in [5.74, 6) is 0.148. The Morgan fingerprint density at radius 3 is 2.40 bits per heavy atom. The molecule has 3 N–H and O–H groups in total. The zero-order chi connectivity index (χ0) is 14.5. The third-order valence-electron chi connectivity index (χ3n) is 3.20. The molecule has 1 aromatic carbocycles. The molecule has 1 aromatic rings. The summed E-state index contributed by atoms with van der Waals surface area (Å²) in [6.45, 7) is 4.35. The normalized spacial score (nSPS) is 13.9. The van der Waals surface area contributed by atoms with Gasteiger partial charge in [0.15, 0.2) is 0 Å². The van der Waals surface area contributed by atoms with Crippen LogP contribution in [0.4, 0.5) is 10.5 Å². The summed E-state index contributed by atoms with van der Waals surface area (Å²) in [5, 5.41) is 8.00. The Labute approximate surface area is 119 Å². The maximum absolute atomic E-state index is 11.6. The Bertz CT molecular complexity index is 478. The fraction of sp³-hybridized carbons (Fsp3) is 0.467. The topological polar surface area (TPSA) is 70.2 Å². The number of imide groups is 1. The van der Waals surface area contributed by atoms with Crippen LogP contribution >= 0.6 is 0 Å². The van der Waals surface area contributed by atoms with Crippen molar-refractivity contribution in [2.75, 3.05) is 11.9 Å². The molecule has 1 aliphatic rings. The maximum Gasteiger partial charge on any atom is 0.321 e. The lowest BCUT2D eigenvalue weighted by Crippen LogP contribution is -2.42. The number of hydrogen-bond donors (Lipinski definition) is 3. The zero-order valence-corrected chi connectivity index (χ0v) is 11.9. The van der Waals surface area contributed by atoms with Crippen LogP contribution in [0, 0.1) is 0 Å². The van der Waals surface area contributed by atoms with Crippen LogP contribution < -0.4 is 16.0 Å². The van der Waals surface area contributed by atoms with E-state index in [0.29, 0.717) is 5.92 Å². The van der Waals surface area contributed by atoms with Gasteiger partial charge in [0.05, 0.1) is 6.54 Å². The molecule has 2 rings (SSSR count). The van der Waals surface area contributed by atoms with Crippen molar-refractivity contribution >= 4 is 17.6 Å². The molecular formula is C15H21N3O2. The number of urea groups is 1. The minimum Gasteiger partial charge on any atom is -0.376 e. The first-order valence-electron chi connectivity index (χ1n) is 6.99. The van der Waals surface area contributed by atoms with Crippen LogP contribution in [0.1, 0.15) is 38.2 Å². The van der Waals surface area contributed by atoms with E-state index in [4.69, 9.17) is 0 Å². The second-order valence-corrected chi connectivity index (χ2v) is 5.43. The lowest BCUT2D eigenvalue weighted by Gasteiger charge is -2.09. The highest BCUT2D eigenvalue weighted by Gasteiger charge is 2.23. The Morgan fingerprint density at radius 1 is 1.20 bits per heavy atom. The van der Waals surface area contributed by atoms with Gasteiger partial charge < -0.3 is 10.6 Å². The molecule has 0 saturated heterocycles. The molecule has 0 radical (unpaired) electrons. The molecule has 1 saturated carbocycles. The van der Waals surface area contributed by atoms with E-state index in [1.807, 2.05) is 24.3 Å². The smallest absolute Gasteiger partial charge is 0.321 e. The lowest BCUT2D eigenvalue weighted by atomic mass is 10.0. The number of benzene rings is 1. The van der Waals surface area contributed by atoms with Gasteiger partial charge >= 0.3 is 6.03 Å². The van der Waals surface area contributed by atoms with Gasteiger partial charge in [-0.3, -0.25) is 10.1 Å². The van der Waals surface area contributed by atoms with Gasteiger partial charge in [-0.05, 0) is 36.5 Å². The van der Waals surface area contributed by atoms with E-state index < -0.39 is 6.03 Å². The number of carbonyl (C=O) groups excluding carboxylic acids is 2. The van der Waals surface area contributed by atoms with Crippen LogP contribution in [0.15, 0.2) is 24.3 Å². The summed E-state index contributed by atoms with van der Waals surface area (Å²) in [7, 11) is 0. The van der Waals surface area contributed by atoms with Gasteiger partial charge in [-0.2, -0.15) is 0 Å². The number of rotatable bonds is 5.